The number of rotatable bonds is 8. The Hall–Kier alpha value is -0.233. The smallest absolute Gasteiger partial charge is 0.257 e. The second-order valence-electron chi connectivity index (χ2n) is 4.68. The Labute approximate surface area is 130 Å². The molecular formula is C15H23LiO2S. The molecule has 0 saturated carbocycles. The van der Waals surface area contributed by atoms with E-state index < -0.39 is 9.84 Å². The fraction of sp³-hybridized carbons (Fsp3) is 0.533. The Bertz CT molecular complexity index is 429. The summed E-state index contributed by atoms with van der Waals surface area (Å²) in [5.41, 5.74) is 0. The minimum Gasteiger partial charge on any atom is -0.257 e. The van der Waals surface area contributed by atoms with E-state index in [-0.39, 0.29) is 18.9 Å². The van der Waals surface area contributed by atoms with E-state index in [2.05, 4.69) is 6.92 Å². The van der Waals surface area contributed by atoms with Gasteiger partial charge in [-0.25, -0.2) is 0 Å². The molecule has 0 aliphatic heterocycles. The maximum absolute atomic E-state index is 12.2. The van der Waals surface area contributed by atoms with Crippen molar-refractivity contribution in [3.05, 3.63) is 35.6 Å². The third-order valence-electron chi connectivity index (χ3n) is 3.14. The zero-order valence-corrected chi connectivity index (χ0v) is 13.2. The van der Waals surface area contributed by atoms with E-state index >= 15 is 0 Å². The molecule has 1 aromatic rings. The summed E-state index contributed by atoms with van der Waals surface area (Å²) in [5, 5.41) is 0.588. The first-order chi connectivity index (χ1) is 8.59. The monoisotopic (exact) mass is 274 g/mol. The Morgan fingerprint density at radius 3 is 2.16 bits per heavy atom. The molecule has 102 valence electrons. The molecule has 2 nitrogen and oxygen atoms in total. The van der Waals surface area contributed by atoms with E-state index in [0.29, 0.717) is 16.6 Å². The van der Waals surface area contributed by atoms with Crippen molar-refractivity contribution >= 4 is 9.84 Å². The molecule has 0 unspecified atom stereocenters. The van der Waals surface area contributed by atoms with Gasteiger partial charge in [-0.2, -0.15) is 18.6 Å². The average Bonchev–Trinajstić information content (AvgIpc) is 2.39. The van der Waals surface area contributed by atoms with Crippen LogP contribution in [0.2, 0.25) is 0 Å². The maximum Gasteiger partial charge on any atom is 1.00 e. The summed E-state index contributed by atoms with van der Waals surface area (Å²) in [7, 11) is -3.22. The van der Waals surface area contributed by atoms with Crippen molar-refractivity contribution in [1.29, 1.82) is 0 Å². The molecule has 0 aliphatic carbocycles. The molecule has 19 heavy (non-hydrogen) atoms. The molecule has 0 spiro atoms. The van der Waals surface area contributed by atoms with Crippen LogP contribution in [0.5, 0.6) is 0 Å². The van der Waals surface area contributed by atoms with Gasteiger partial charge in [0.1, 0.15) is 0 Å². The molecular weight excluding hydrogens is 251 g/mol. The summed E-state index contributed by atoms with van der Waals surface area (Å²) in [5.74, 6) is 0. The molecule has 1 rings (SSSR count). The number of sulfone groups is 1. The summed E-state index contributed by atoms with van der Waals surface area (Å²) in [6.45, 7) is 3.92. The zero-order chi connectivity index (χ0) is 13.4. The van der Waals surface area contributed by atoms with E-state index in [1.807, 2.05) is 6.07 Å². The van der Waals surface area contributed by atoms with Gasteiger partial charge in [0.15, 0.2) is 0 Å². The predicted molar refractivity (Wildman–Crippen MR) is 75.9 cm³/mol. The predicted octanol–water partition coefficient (Wildman–Crippen LogP) is 1.38. The molecule has 4 heteroatoms. The molecule has 0 amide bonds. The fourth-order valence-electron chi connectivity index (χ4n) is 1.91. The molecule has 0 atom stereocenters. The molecule has 0 heterocycles. The normalized spacial score (nSPS) is 11.3. The summed E-state index contributed by atoms with van der Waals surface area (Å²) in [6, 6.07) is 8.69. The molecule has 1 aromatic carbocycles. The SMILES string of the molecule is CCCCCCC[C-](C)S(=O)(=O)c1ccccc1.[Li+]. The van der Waals surface area contributed by atoms with E-state index in [1.54, 1.807) is 31.2 Å². The first kappa shape index (κ1) is 18.8. The Morgan fingerprint density at radius 1 is 1.00 bits per heavy atom. The number of hydrogen-bond donors (Lipinski definition) is 0. The van der Waals surface area contributed by atoms with Gasteiger partial charge >= 0.3 is 18.9 Å². The van der Waals surface area contributed by atoms with Crippen molar-refractivity contribution in [2.75, 3.05) is 0 Å². The topological polar surface area (TPSA) is 34.1 Å². The zero-order valence-electron chi connectivity index (χ0n) is 12.4. The van der Waals surface area contributed by atoms with Crippen LogP contribution in [0.25, 0.3) is 0 Å². The summed E-state index contributed by atoms with van der Waals surface area (Å²) in [4.78, 5) is 0.413. The molecule has 0 bridgehead atoms. The van der Waals surface area contributed by atoms with Gasteiger partial charge in [-0.05, 0) is 12.1 Å². The fourth-order valence-corrected chi connectivity index (χ4v) is 3.24. The minimum absolute atomic E-state index is 0. The third kappa shape index (κ3) is 6.16. The number of benzene rings is 1. The van der Waals surface area contributed by atoms with E-state index in [0.717, 1.165) is 12.8 Å². The summed E-state index contributed by atoms with van der Waals surface area (Å²) in [6.07, 6.45) is 6.43. The Morgan fingerprint density at radius 2 is 1.58 bits per heavy atom. The maximum atomic E-state index is 12.2. The van der Waals surface area contributed by atoms with Crippen LogP contribution in [0.3, 0.4) is 0 Å². The molecule has 0 N–H and O–H groups in total. The first-order valence-corrected chi connectivity index (χ1v) is 8.20. The Balaban J connectivity index is 0.00000324. The second kappa shape index (κ2) is 9.64. The van der Waals surface area contributed by atoms with Crippen molar-refractivity contribution in [3.8, 4) is 0 Å². The quantitative estimate of drug-likeness (QED) is 0.408. The van der Waals surface area contributed by atoms with Gasteiger partial charge in [0.05, 0.1) is 9.84 Å². The standard InChI is InChI=1S/C15H23O2S.Li/c1-3-4-5-6-8-11-14(2)18(16,17)15-12-9-7-10-13-15;/h7,9-10,12-13H,3-6,8,11H2,1-2H3;/q-1;+1. The van der Waals surface area contributed by atoms with Crippen LogP contribution in [0.4, 0.5) is 0 Å². The molecule has 0 radical (unpaired) electrons. The van der Waals surface area contributed by atoms with Crippen molar-refractivity contribution < 1.29 is 27.3 Å². The van der Waals surface area contributed by atoms with Gasteiger partial charge in [0.25, 0.3) is 0 Å². The van der Waals surface area contributed by atoms with Crippen molar-refractivity contribution in [2.24, 2.45) is 0 Å². The summed E-state index contributed by atoms with van der Waals surface area (Å²) >= 11 is 0. The van der Waals surface area contributed by atoms with Crippen molar-refractivity contribution in [3.63, 3.8) is 0 Å². The van der Waals surface area contributed by atoms with Gasteiger partial charge in [0.2, 0.25) is 0 Å². The van der Waals surface area contributed by atoms with Crippen LogP contribution < -0.4 is 18.9 Å². The van der Waals surface area contributed by atoms with Gasteiger partial charge < -0.3 is 0 Å². The largest absolute Gasteiger partial charge is 1.00 e. The van der Waals surface area contributed by atoms with Gasteiger partial charge in [0, 0.05) is 4.90 Å². The Kier molecular flexibility index (Phi) is 9.52. The van der Waals surface area contributed by atoms with Crippen molar-refractivity contribution in [1.82, 2.24) is 0 Å². The van der Waals surface area contributed by atoms with E-state index in [1.165, 1.54) is 19.3 Å². The number of hydrogen-bond acceptors (Lipinski definition) is 2. The molecule has 0 aromatic heterocycles. The van der Waals surface area contributed by atoms with Gasteiger partial charge in [-0.3, -0.25) is 8.42 Å². The minimum atomic E-state index is -3.22. The molecule has 0 fully saturated rings. The van der Waals surface area contributed by atoms with Gasteiger partial charge in [-0.15, -0.1) is 0 Å². The average molecular weight is 274 g/mol. The van der Waals surface area contributed by atoms with Crippen LogP contribution >= 0.6 is 0 Å². The molecule has 0 saturated heterocycles. The molecule has 0 aliphatic rings. The van der Waals surface area contributed by atoms with Crippen LogP contribution in [0, 0.1) is 5.25 Å². The number of unbranched alkanes of at least 4 members (excludes halogenated alkanes) is 4. The van der Waals surface area contributed by atoms with Crippen LogP contribution in [-0.2, 0) is 9.84 Å². The van der Waals surface area contributed by atoms with Crippen molar-refractivity contribution in [2.45, 2.75) is 57.3 Å². The summed E-state index contributed by atoms with van der Waals surface area (Å²) < 4.78 is 24.4. The van der Waals surface area contributed by atoms with Gasteiger partial charge in [-0.1, -0.05) is 57.2 Å². The van der Waals surface area contributed by atoms with Crippen LogP contribution in [0.15, 0.2) is 35.2 Å². The second-order valence-corrected chi connectivity index (χ2v) is 6.86. The first-order valence-electron chi connectivity index (χ1n) is 6.71. The van der Waals surface area contributed by atoms with Crippen LogP contribution in [0.1, 0.15) is 52.4 Å². The van der Waals surface area contributed by atoms with E-state index in [4.69, 9.17) is 0 Å². The third-order valence-corrected chi connectivity index (χ3v) is 5.16. The van der Waals surface area contributed by atoms with Crippen LogP contribution in [-0.4, -0.2) is 8.42 Å². The van der Waals surface area contributed by atoms with E-state index in [9.17, 15) is 8.42 Å².